The minimum atomic E-state index is 0.477. The summed E-state index contributed by atoms with van der Waals surface area (Å²) in [5.74, 6) is 0.972. The molecule has 1 aliphatic rings. The molecule has 3 nitrogen and oxygen atoms in total. The predicted molar refractivity (Wildman–Crippen MR) is 75.0 cm³/mol. The van der Waals surface area contributed by atoms with Gasteiger partial charge < -0.3 is 15.0 Å². The third-order valence-electron chi connectivity index (χ3n) is 3.26. The highest BCUT2D eigenvalue weighted by molar-refractivity contribution is 9.10. The average Bonchev–Trinajstić information content (AvgIpc) is 2.33. The first-order valence-electron chi connectivity index (χ1n) is 6.02. The number of fused-ring (bicyclic) bond motifs is 1. The molecule has 1 aromatic rings. The molecule has 1 atom stereocenters. The summed E-state index contributed by atoms with van der Waals surface area (Å²) >= 11 is 3.53. The van der Waals surface area contributed by atoms with Gasteiger partial charge >= 0.3 is 0 Å². The fraction of sp³-hybridized carbons (Fsp3) is 0.538. The molecule has 0 bridgehead atoms. The molecule has 4 heteroatoms. The third-order valence-corrected chi connectivity index (χ3v) is 3.88. The van der Waals surface area contributed by atoms with Crippen molar-refractivity contribution < 1.29 is 4.74 Å². The van der Waals surface area contributed by atoms with E-state index in [-0.39, 0.29) is 0 Å². The maximum Gasteiger partial charge on any atom is 0.156 e. The largest absolute Gasteiger partial charge is 0.488 e. The first-order chi connectivity index (χ1) is 8.24. The Morgan fingerprint density at radius 3 is 3.12 bits per heavy atom. The van der Waals surface area contributed by atoms with Crippen molar-refractivity contribution in [3.05, 3.63) is 22.7 Å². The number of ether oxygens (including phenoxy) is 1. The van der Waals surface area contributed by atoms with E-state index in [0.717, 1.165) is 29.8 Å². The number of nitrogens with zero attached hydrogens (tertiary/aromatic N) is 1. The molecule has 0 spiro atoms. The van der Waals surface area contributed by atoms with Crippen molar-refractivity contribution >= 4 is 21.6 Å². The van der Waals surface area contributed by atoms with E-state index in [2.05, 4.69) is 45.3 Å². The molecular weight excluding hydrogens is 280 g/mol. The first kappa shape index (κ1) is 12.7. The SMILES string of the molecule is CNCCCC1COc2c(Br)cccc2N1C. The van der Waals surface area contributed by atoms with Gasteiger partial charge in [-0.3, -0.25) is 0 Å². The maximum absolute atomic E-state index is 5.86. The van der Waals surface area contributed by atoms with Gasteiger partial charge in [0.15, 0.2) is 5.75 Å². The van der Waals surface area contributed by atoms with Crippen molar-refractivity contribution in [2.45, 2.75) is 18.9 Å². The molecular formula is C13H19BrN2O. The molecule has 17 heavy (non-hydrogen) atoms. The third kappa shape index (κ3) is 2.75. The van der Waals surface area contributed by atoms with E-state index in [4.69, 9.17) is 4.74 Å². The minimum Gasteiger partial charge on any atom is -0.488 e. The highest BCUT2D eigenvalue weighted by atomic mass is 79.9. The quantitative estimate of drug-likeness (QED) is 0.865. The van der Waals surface area contributed by atoms with Crippen LogP contribution in [0.2, 0.25) is 0 Å². The van der Waals surface area contributed by atoms with E-state index in [1.165, 1.54) is 12.1 Å². The summed E-state index contributed by atoms with van der Waals surface area (Å²) < 4.78 is 6.90. The number of rotatable bonds is 4. The van der Waals surface area contributed by atoms with Crippen LogP contribution in [0.25, 0.3) is 0 Å². The van der Waals surface area contributed by atoms with Gasteiger partial charge in [-0.1, -0.05) is 6.07 Å². The summed E-state index contributed by atoms with van der Waals surface area (Å²) in [6, 6.07) is 6.67. The average molecular weight is 299 g/mol. The van der Waals surface area contributed by atoms with Gasteiger partial charge in [-0.2, -0.15) is 0 Å². The highest BCUT2D eigenvalue weighted by Gasteiger charge is 2.25. The maximum atomic E-state index is 5.86. The topological polar surface area (TPSA) is 24.5 Å². The predicted octanol–water partition coefficient (Wildman–Crippen LogP) is 2.65. The lowest BCUT2D eigenvalue weighted by atomic mass is 10.1. The summed E-state index contributed by atoms with van der Waals surface area (Å²) in [5.41, 5.74) is 1.18. The molecule has 0 radical (unpaired) electrons. The smallest absolute Gasteiger partial charge is 0.156 e. The molecule has 1 unspecified atom stereocenters. The normalized spacial score (nSPS) is 18.8. The summed E-state index contributed by atoms with van der Waals surface area (Å²) in [6.45, 7) is 1.84. The second-order valence-corrected chi connectivity index (χ2v) is 5.26. The summed E-state index contributed by atoms with van der Waals surface area (Å²) in [4.78, 5) is 2.33. The van der Waals surface area contributed by atoms with Crippen LogP contribution < -0.4 is 15.0 Å². The van der Waals surface area contributed by atoms with Gasteiger partial charge in [0.2, 0.25) is 0 Å². The number of hydrogen-bond acceptors (Lipinski definition) is 3. The zero-order valence-electron chi connectivity index (χ0n) is 10.4. The molecule has 0 fully saturated rings. The standard InChI is InChI=1S/C13H19BrN2O/c1-15-8-4-5-10-9-17-13-11(14)6-3-7-12(13)16(10)2/h3,6-7,10,15H,4-5,8-9H2,1-2H3. The van der Waals surface area contributed by atoms with Crippen LogP contribution in [0.3, 0.4) is 0 Å². The Morgan fingerprint density at radius 1 is 1.53 bits per heavy atom. The Hall–Kier alpha value is -0.740. The van der Waals surface area contributed by atoms with Crippen molar-refractivity contribution in [3.8, 4) is 5.75 Å². The Kier molecular flexibility index (Phi) is 4.29. The van der Waals surface area contributed by atoms with Crippen LogP contribution in [0.15, 0.2) is 22.7 Å². The van der Waals surface area contributed by atoms with Crippen LogP contribution in [-0.4, -0.2) is 33.3 Å². The molecule has 0 saturated carbocycles. The zero-order chi connectivity index (χ0) is 12.3. The fourth-order valence-corrected chi connectivity index (χ4v) is 2.67. The molecule has 0 saturated heterocycles. The monoisotopic (exact) mass is 298 g/mol. The van der Waals surface area contributed by atoms with Gasteiger partial charge in [-0.15, -0.1) is 0 Å². The number of nitrogens with one attached hydrogen (secondary N) is 1. The highest BCUT2D eigenvalue weighted by Crippen LogP contribution is 2.39. The number of anilines is 1. The molecule has 1 heterocycles. The van der Waals surface area contributed by atoms with Crippen LogP contribution in [0.1, 0.15) is 12.8 Å². The van der Waals surface area contributed by atoms with E-state index in [0.29, 0.717) is 6.04 Å². The van der Waals surface area contributed by atoms with Crippen molar-refractivity contribution in [2.75, 3.05) is 32.1 Å². The van der Waals surface area contributed by atoms with E-state index < -0.39 is 0 Å². The van der Waals surface area contributed by atoms with Crippen molar-refractivity contribution in [1.29, 1.82) is 0 Å². The number of halogens is 1. The van der Waals surface area contributed by atoms with Crippen LogP contribution in [0.4, 0.5) is 5.69 Å². The second-order valence-electron chi connectivity index (χ2n) is 4.41. The minimum absolute atomic E-state index is 0.477. The van der Waals surface area contributed by atoms with Gasteiger partial charge in [0, 0.05) is 7.05 Å². The number of benzene rings is 1. The van der Waals surface area contributed by atoms with Crippen molar-refractivity contribution in [2.24, 2.45) is 0 Å². The zero-order valence-corrected chi connectivity index (χ0v) is 12.0. The van der Waals surface area contributed by atoms with Gasteiger partial charge in [0.05, 0.1) is 16.2 Å². The van der Waals surface area contributed by atoms with Gasteiger partial charge in [0.1, 0.15) is 6.61 Å². The van der Waals surface area contributed by atoms with Crippen LogP contribution in [0.5, 0.6) is 5.75 Å². The summed E-state index contributed by atoms with van der Waals surface area (Å²) in [7, 11) is 4.14. The Morgan fingerprint density at radius 2 is 2.35 bits per heavy atom. The van der Waals surface area contributed by atoms with Crippen molar-refractivity contribution in [1.82, 2.24) is 5.32 Å². The van der Waals surface area contributed by atoms with Gasteiger partial charge in [-0.25, -0.2) is 0 Å². The molecule has 1 aromatic carbocycles. The van der Waals surface area contributed by atoms with Crippen LogP contribution >= 0.6 is 15.9 Å². The Labute approximate surface area is 111 Å². The molecule has 94 valence electrons. The molecule has 1 aliphatic heterocycles. The molecule has 0 amide bonds. The molecule has 0 aromatic heterocycles. The number of para-hydroxylation sites is 1. The van der Waals surface area contributed by atoms with Crippen LogP contribution in [-0.2, 0) is 0 Å². The Bertz CT molecular complexity index is 384. The van der Waals surface area contributed by atoms with E-state index in [9.17, 15) is 0 Å². The van der Waals surface area contributed by atoms with Gasteiger partial charge in [0.25, 0.3) is 0 Å². The molecule has 0 aliphatic carbocycles. The van der Waals surface area contributed by atoms with E-state index in [1.54, 1.807) is 0 Å². The number of hydrogen-bond donors (Lipinski definition) is 1. The summed E-state index contributed by atoms with van der Waals surface area (Å²) in [5, 5.41) is 3.18. The van der Waals surface area contributed by atoms with Crippen LogP contribution in [0, 0.1) is 0 Å². The lowest BCUT2D eigenvalue weighted by Gasteiger charge is -2.36. The van der Waals surface area contributed by atoms with Gasteiger partial charge in [-0.05, 0) is 54.5 Å². The lowest BCUT2D eigenvalue weighted by Crippen LogP contribution is -2.40. The lowest BCUT2D eigenvalue weighted by molar-refractivity contribution is 0.256. The number of likely N-dealkylation sites (N-methyl/N-ethyl adjacent to an activating group) is 1. The first-order valence-corrected chi connectivity index (χ1v) is 6.82. The Balaban J connectivity index is 2.08. The molecule has 2 rings (SSSR count). The fourth-order valence-electron chi connectivity index (χ4n) is 2.20. The van der Waals surface area contributed by atoms with Crippen molar-refractivity contribution in [3.63, 3.8) is 0 Å². The van der Waals surface area contributed by atoms with E-state index in [1.807, 2.05) is 13.1 Å². The molecule has 1 N–H and O–H groups in total. The van der Waals surface area contributed by atoms with E-state index >= 15 is 0 Å². The summed E-state index contributed by atoms with van der Waals surface area (Å²) in [6.07, 6.45) is 2.33. The second kappa shape index (κ2) is 5.74.